The molecule has 0 bridgehead atoms. The van der Waals surface area contributed by atoms with Crippen LogP contribution in [0, 0.1) is 11.7 Å². The molecule has 2 fully saturated rings. The predicted molar refractivity (Wildman–Crippen MR) is 126 cm³/mol. The van der Waals surface area contributed by atoms with Crippen LogP contribution in [-0.4, -0.2) is 42.0 Å². The number of halogens is 1. The van der Waals surface area contributed by atoms with E-state index in [-0.39, 0.29) is 23.7 Å². The molecule has 0 radical (unpaired) electrons. The maximum absolute atomic E-state index is 15.0. The highest BCUT2D eigenvalue weighted by atomic mass is 19.1. The number of carbonyl (C=O) groups is 1. The minimum absolute atomic E-state index is 0.00625. The van der Waals surface area contributed by atoms with Crippen molar-refractivity contribution in [3.8, 4) is 0 Å². The van der Waals surface area contributed by atoms with Gasteiger partial charge in [0.2, 0.25) is 11.8 Å². The summed E-state index contributed by atoms with van der Waals surface area (Å²) >= 11 is 0. The summed E-state index contributed by atoms with van der Waals surface area (Å²) < 4.78 is 20.6. The van der Waals surface area contributed by atoms with Gasteiger partial charge in [-0.05, 0) is 36.6 Å². The van der Waals surface area contributed by atoms with Gasteiger partial charge in [0.1, 0.15) is 18.1 Å². The van der Waals surface area contributed by atoms with Crippen LogP contribution in [0.2, 0.25) is 0 Å². The van der Waals surface area contributed by atoms with Gasteiger partial charge in [-0.2, -0.15) is 0 Å². The van der Waals surface area contributed by atoms with E-state index in [4.69, 9.17) is 4.42 Å². The number of oxazole rings is 1. The molecule has 1 atom stereocenters. The predicted octanol–water partition coefficient (Wildman–Crippen LogP) is 4.85. The van der Waals surface area contributed by atoms with Crippen molar-refractivity contribution in [2.24, 2.45) is 5.92 Å². The summed E-state index contributed by atoms with van der Waals surface area (Å²) in [4.78, 5) is 21.2. The molecular weight excluding hydrogens is 419 g/mol. The van der Waals surface area contributed by atoms with E-state index in [2.05, 4.69) is 32.2 Å². The lowest BCUT2D eigenvalue weighted by atomic mass is 10.0. The first kappa shape index (κ1) is 21.6. The van der Waals surface area contributed by atoms with Crippen molar-refractivity contribution in [1.29, 1.82) is 0 Å². The zero-order valence-electron chi connectivity index (χ0n) is 18.6. The van der Waals surface area contributed by atoms with Crippen molar-refractivity contribution in [2.75, 3.05) is 36.4 Å². The number of hydrogen-bond acceptors (Lipinski definition) is 5. The Hall–Kier alpha value is -3.19. The van der Waals surface area contributed by atoms with Gasteiger partial charge in [-0.1, -0.05) is 43.2 Å². The van der Waals surface area contributed by atoms with Crippen LogP contribution < -0.4 is 10.2 Å². The van der Waals surface area contributed by atoms with Gasteiger partial charge in [0, 0.05) is 37.8 Å². The van der Waals surface area contributed by atoms with Gasteiger partial charge in [-0.3, -0.25) is 9.69 Å². The number of benzene rings is 2. The maximum Gasteiger partial charge on any atom is 0.227 e. The molecule has 1 amide bonds. The van der Waals surface area contributed by atoms with Crippen LogP contribution in [0.3, 0.4) is 0 Å². The molecule has 1 saturated carbocycles. The molecule has 1 unspecified atom stereocenters. The van der Waals surface area contributed by atoms with E-state index in [1.54, 1.807) is 24.6 Å². The average molecular weight is 449 g/mol. The minimum Gasteiger partial charge on any atom is -0.447 e. The van der Waals surface area contributed by atoms with E-state index < -0.39 is 0 Å². The summed E-state index contributed by atoms with van der Waals surface area (Å²) in [5.74, 6) is 0.428. The Kier molecular flexibility index (Phi) is 6.39. The van der Waals surface area contributed by atoms with Gasteiger partial charge in [-0.15, -0.1) is 0 Å². The Balaban J connectivity index is 1.25. The number of aromatic nitrogens is 1. The van der Waals surface area contributed by atoms with Crippen molar-refractivity contribution in [1.82, 2.24) is 9.88 Å². The quantitative estimate of drug-likeness (QED) is 0.584. The molecule has 1 saturated heterocycles. The maximum atomic E-state index is 15.0. The Morgan fingerprint density at radius 2 is 1.82 bits per heavy atom. The Morgan fingerprint density at radius 3 is 2.48 bits per heavy atom. The molecule has 33 heavy (non-hydrogen) atoms. The SMILES string of the molecule is O=C(Nc1ccc(N2CCN(C(c3ccccc3)c3ncco3)CC2)c(F)c1)C1CCCC1. The fourth-order valence-electron chi connectivity index (χ4n) is 5.01. The van der Waals surface area contributed by atoms with Gasteiger partial charge in [0.25, 0.3) is 0 Å². The van der Waals surface area contributed by atoms with Crippen LogP contribution in [0.15, 0.2) is 65.4 Å². The molecule has 1 aromatic heterocycles. The van der Waals surface area contributed by atoms with E-state index in [1.165, 1.54) is 6.07 Å². The second-order valence-electron chi connectivity index (χ2n) is 8.84. The highest BCUT2D eigenvalue weighted by molar-refractivity contribution is 5.92. The third-order valence-electron chi connectivity index (χ3n) is 6.76. The summed E-state index contributed by atoms with van der Waals surface area (Å²) in [5.41, 5.74) is 2.22. The first-order valence-electron chi connectivity index (χ1n) is 11.7. The number of nitrogens with zero attached hydrogens (tertiary/aromatic N) is 3. The van der Waals surface area contributed by atoms with Crippen LogP contribution in [0.25, 0.3) is 0 Å². The van der Waals surface area contributed by atoms with E-state index in [1.807, 2.05) is 18.2 Å². The van der Waals surface area contributed by atoms with Gasteiger partial charge in [0.05, 0.1) is 11.9 Å². The van der Waals surface area contributed by atoms with Crippen molar-refractivity contribution >= 4 is 17.3 Å². The molecule has 172 valence electrons. The normalized spacial score (nSPS) is 18.4. The highest BCUT2D eigenvalue weighted by Gasteiger charge is 2.30. The van der Waals surface area contributed by atoms with Crippen molar-refractivity contribution in [3.05, 3.63) is 78.3 Å². The lowest BCUT2D eigenvalue weighted by molar-refractivity contribution is -0.119. The van der Waals surface area contributed by atoms with Crippen molar-refractivity contribution < 1.29 is 13.6 Å². The van der Waals surface area contributed by atoms with E-state index in [0.717, 1.165) is 44.3 Å². The summed E-state index contributed by atoms with van der Waals surface area (Å²) in [6, 6.07) is 15.1. The molecule has 1 aliphatic heterocycles. The monoisotopic (exact) mass is 448 g/mol. The topological polar surface area (TPSA) is 61.6 Å². The molecular formula is C26H29FN4O2. The zero-order valence-corrected chi connectivity index (χ0v) is 18.6. The van der Waals surface area contributed by atoms with Crippen LogP contribution in [0.1, 0.15) is 43.2 Å². The smallest absolute Gasteiger partial charge is 0.227 e. The van der Waals surface area contributed by atoms with Gasteiger partial charge < -0.3 is 14.6 Å². The number of carbonyl (C=O) groups excluding carboxylic acids is 1. The van der Waals surface area contributed by atoms with Crippen LogP contribution in [0.4, 0.5) is 15.8 Å². The first-order valence-corrected chi connectivity index (χ1v) is 11.7. The first-order chi connectivity index (χ1) is 16.2. The van der Waals surface area contributed by atoms with Gasteiger partial charge in [0.15, 0.2) is 0 Å². The Morgan fingerprint density at radius 1 is 1.06 bits per heavy atom. The molecule has 1 N–H and O–H groups in total. The largest absolute Gasteiger partial charge is 0.447 e. The third kappa shape index (κ3) is 4.78. The number of nitrogens with one attached hydrogen (secondary N) is 1. The third-order valence-corrected chi connectivity index (χ3v) is 6.76. The Labute approximate surface area is 193 Å². The number of anilines is 2. The zero-order chi connectivity index (χ0) is 22.6. The Bertz CT molecular complexity index is 1060. The van der Waals surface area contributed by atoms with Gasteiger partial charge >= 0.3 is 0 Å². The molecule has 6 nitrogen and oxygen atoms in total. The second-order valence-corrected chi connectivity index (χ2v) is 8.84. The lowest BCUT2D eigenvalue weighted by Crippen LogP contribution is -2.48. The summed E-state index contributed by atoms with van der Waals surface area (Å²) in [6.45, 7) is 2.88. The van der Waals surface area contributed by atoms with Crippen molar-refractivity contribution in [3.63, 3.8) is 0 Å². The van der Waals surface area contributed by atoms with E-state index >= 15 is 0 Å². The molecule has 1 aliphatic carbocycles. The molecule has 2 aliphatic rings. The molecule has 0 spiro atoms. The van der Waals surface area contributed by atoms with Crippen LogP contribution >= 0.6 is 0 Å². The summed E-state index contributed by atoms with van der Waals surface area (Å²) in [6.07, 6.45) is 7.31. The van der Waals surface area contributed by atoms with Crippen LogP contribution in [0.5, 0.6) is 0 Å². The van der Waals surface area contributed by atoms with Crippen molar-refractivity contribution in [2.45, 2.75) is 31.7 Å². The minimum atomic E-state index is -0.306. The number of rotatable bonds is 6. The number of piperazine rings is 1. The molecule has 5 rings (SSSR count). The fourth-order valence-corrected chi connectivity index (χ4v) is 5.01. The average Bonchev–Trinajstić information content (AvgIpc) is 3.56. The number of hydrogen-bond donors (Lipinski definition) is 1. The lowest BCUT2D eigenvalue weighted by Gasteiger charge is -2.39. The molecule has 2 heterocycles. The van der Waals surface area contributed by atoms with E-state index in [0.29, 0.717) is 30.4 Å². The summed E-state index contributed by atoms with van der Waals surface area (Å²) in [7, 11) is 0. The molecule has 7 heteroatoms. The molecule has 3 aromatic rings. The van der Waals surface area contributed by atoms with E-state index in [9.17, 15) is 9.18 Å². The van der Waals surface area contributed by atoms with Gasteiger partial charge in [-0.25, -0.2) is 9.37 Å². The number of amides is 1. The highest BCUT2D eigenvalue weighted by Crippen LogP contribution is 2.31. The fraction of sp³-hybridized carbons (Fsp3) is 0.385. The molecule has 2 aromatic carbocycles. The standard InChI is InChI=1S/C26H29FN4O2/c27-22-18-21(29-25(32)20-8-4-5-9-20)10-11-23(22)30-13-15-31(16-14-30)24(26-28-12-17-33-26)19-6-2-1-3-7-19/h1-3,6-7,10-12,17-18,20,24H,4-5,8-9,13-16H2,(H,29,32). The second kappa shape index (κ2) is 9.75. The van der Waals surface area contributed by atoms with Crippen LogP contribution in [-0.2, 0) is 4.79 Å². The summed E-state index contributed by atoms with van der Waals surface area (Å²) in [5, 5.41) is 2.89.